The van der Waals surface area contributed by atoms with Crippen LogP contribution < -0.4 is 4.90 Å². The Morgan fingerprint density at radius 1 is 1.32 bits per heavy atom. The minimum Gasteiger partial charge on any atom is -0.392 e. The number of sulfonamides is 1. The van der Waals surface area contributed by atoms with Gasteiger partial charge in [-0.15, -0.1) is 0 Å². The summed E-state index contributed by atoms with van der Waals surface area (Å²) in [6.45, 7) is 4.10. The van der Waals surface area contributed by atoms with Gasteiger partial charge >= 0.3 is 0 Å². The maximum atomic E-state index is 13.0. The van der Waals surface area contributed by atoms with Gasteiger partial charge in [0.25, 0.3) is 0 Å². The van der Waals surface area contributed by atoms with E-state index < -0.39 is 16.1 Å². The molecule has 0 radical (unpaired) electrons. The average molecular weight is 326 g/mol. The Morgan fingerprint density at radius 2 is 2.00 bits per heavy atom. The molecule has 0 saturated carbocycles. The highest BCUT2D eigenvalue weighted by Crippen LogP contribution is 2.29. The van der Waals surface area contributed by atoms with Crippen LogP contribution in [0, 0.1) is 6.92 Å². The standard InChI is InChI=1S/C16H26N2O3S/c1-12-8-9-14(11-16(12)17(3)4)22(20,21)18-10-6-5-7-15(18)13(2)19/h8-9,11,13,15,19H,5-7,10H2,1-4H3. The molecule has 0 aliphatic carbocycles. The first-order valence-corrected chi connectivity index (χ1v) is 9.17. The molecule has 1 heterocycles. The molecule has 0 spiro atoms. The molecule has 6 heteroatoms. The van der Waals surface area contributed by atoms with E-state index in [4.69, 9.17) is 0 Å². The highest BCUT2D eigenvalue weighted by atomic mass is 32.2. The second-order valence-electron chi connectivity index (χ2n) is 6.26. The van der Waals surface area contributed by atoms with Gasteiger partial charge in [0.1, 0.15) is 0 Å². The van der Waals surface area contributed by atoms with Gasteiger partial charge in [-0.05, 0) is 44.4 Å². The topological polar surface area (TPSA) is 60.9 Å². The molecule has 1 aliphatic heterocycles. The Kier molecular flexibility index (Phi) is 5.14. The fourth-order valence-electron chi connectivity index (χ4n) is 3.08. The smallest absolute Gasteiger partial charge is 0.243 e. The number of hydrogen-bond donors (Lipinski definition) is 1. The number of anilines is 1. The van der Waals surface area contributed by atoms with Crippen LogP contribution in [0.15, 0.2) is 23.1 Å². The molecular formula is C16H26N2O3S. The van der Waals surface area contributed by atoms with Crippen molar-refractivity contribution >= 4 is 15.7 Å². The van der Waals surface area contributed by atoms with E-state index in [2.05, 4.69) is 0 Å². The van der Waals surface area contributed by atoms with Crippen molar-refractivity contribution in [3.8, 4) is 0 Å². The molecule has 2 unspecified atom stereocenters. The molecule has 1 aromatic carbocycles. The molecule has 124 valence electrons. The lowest BCUT2D eigenvalue weighted by atomic mass is 10.0. The summed E-state index contributed by atoms with van der Waals surface area (Å²) in [4.78, 5) is 2.21. The van der Waals surface area contributed by atoms with Crippen LogP contribution in [0.5, 0.6) is 0 Å². The van der Waals surface area contributed by atoms with E-state index >= 15 is 0 Å². The zero-order chi connectivity index (χ0) is 16.5. The SMILES string of the molecule is Cc1ccc(S(=O)(=O)N2CCCCC2C(C)O)cc1N(C)C. The number of piperidine rings is 1. The average Bonchev–Trinajstić information content (AvgIpc) is 2.47. The van der Waals surface area contributed by atoms with E-state index in [9.17, 15) is 13.5 Å². The number of aliphatic hydroxyl groups excluding tert-OH is 1. The Balaban J connectivity index is 2.43. The molecule has 1 N–H and O–H groups in total. The van der Waals surface area contributed by atoms with Gasteiger partial charge in [-0.3, -0.25) is 0 Å². The minimum absolute atomic E-state index is 0.300. The van der Waals surface area contributed by atoms with E-state index in [0.717, 1.165) is 24.1 Å². The fourth-order valence-corrected chi connectivity index (χ4v) is 4.86. The number of nitrogens with zero attached hydrogens (tertiary/aromatic N) is 2. The predicted molar refractivity (Wildman–Crippen MR) is 88.7 cm³/mol. The van der Waals surface area contributed by atoms with E-state index in [0.29, 0.717) is 17.9 Å². The van der Waals surface area contributed by atoms with Crippen molar-refractivity contribution in [1.29, 1.82) is 0 Å². The second-order valence-corrected chi connectivity index (χ2v) is 8.15. The van der Waals surface area contributed by atoms with E-state index in [1.165, 1.54) is 4.31 Å². The summed E-state index contributed by atoms with van der Waals surface area (Å²) < 4.78 is 27.4. The molecule has 2 rings (SSSR count). The lowest BCUT2D eigenvalue weighted by Crippen LogP contribution is -2.48. The largest absolute Gasteiger partial charge is 0.392 e. The molecule has 22 heavy (non-hydrogen) atoms. The van der Waals surface area contributed by atoms with Crippen LogP contribution in [-0.4, -0.2) is 50.6 Å². The zero-order valence-corrected chi connectivity index (χ0v) is 14.6. The highest BCUT2D eigenvalue weighted by Gasteiger charge is 2.36. The zero-order valence-electron chi connectivity index (χ0n) is 13.8. The Morgan fingerprint density at radius 3 is 2.59 bits per heavy atom. The third kappa shape index (κ3) is 3.29. The third-order valence-electron chi connectivity index (χ3n) is 4.32. The van der Waals surface area contributed by atoms with Crippen molar-refractivity contribution in [1.82, 2.24) is 4.31 Å². The molecule has 0 aromatic heterocycles. The van der Waals surface area contributed by atoms with Gasteiger partial charge in [0.05, 0.1) is 17.0 Å². The van der Waals surface area contributed by atoms with Gasteiger partial charge in [0, 0.05) is 26.3 Å². The molecule has 2 atom stereocenters. The monoisotopic (exact) mass is 326 g/mol. The number of rotatable bonds is 4. The molecule has 1 fully saturated rings. The first-order valence-electron chi connectivity index (χ1n) is 7.73. The Labute approximate surface area is 133 Å². The van der Waals surface area contributed by atoms with E-state index in [1.54, 1.807) is 19.1 Å². The number of hydrogen-bond acceptors (Lipinski definition) is 4. The van der Waals surface area contributed by atoms with Gasteiger partial charge in [-0.1, -0.05) is 12.5 Å². The van der Waals surface area contributed by atoms with Crippen molar-refractivity contribution in [2.75, 3.05) is 25.5 Å². The Bertz CT molecular complexity index is 626. The van der Waals surface area contributed by atoms with Gasteiger partial charge in [0.15, 0.2) is 0 Å². The summed E-state index contributed by atoms with van der Waals surface area (Å²) in [6.07, 6.45) is 1.85. The van der Waals surface area contributed by atoms with Gasteiger partial charge in [-0.2, -0.15) is 4.31 Å². The molecule has 1 aromatic rings. The van der Waals surface area contributed by atoms with Crippen LogP contribution in [0.4, 0.5) is 5.69 Å². The lowest BCUT2D eigenvalue weighted by Gasteiger charge is -2.36. The summed E-state index contributed by atoms with van der Waals surface area (Å²) in [5.74, 6) is 0. The van der Waals surface area contributed by atoms with Gasteiger partial charge in [-0.25, -0.2) is 8.42 Å². The summed E-state index contributed by atoms with van der Waals surface area (Å²) in [5.41, 5.74) is 1.93. The van der Waals surface area contributed by atoms with E-state index in [1.807, 2.05) is 32.0 Å². The molecule has 0 bridgehead atoms. The second kappa shape index (κ2) is 6.56. The molecule has 1 saturated heterocycles. The number of aliphatic hydroxyl groups is 1. The lowest BCUT2D eigenvalue weighted by molar-refractivity contribution is 0.0831. The molecule has 1 aliphatic rings. The maximum absolute atomic E-state index is 13.0. The van der Waals surface area contributed by atoms with Crippen LogP contribution in [-0.2, 0) is 10.0 Å². The van der Waals surface area contributed by atoms with Crippen LogP contribution in [0.25, 0.3) is 0 Å². The molecular weight excluding hydrogens is 300 g/mol. The van der Waals surface area contributed by atoms with Crippen LogP contribution in [0.2, 0.25) is 0 Å². The highest BCUT2D eigenvalue weighted by molar-refractivity contribution is 7.89. The summed E-state index contributed by atoms with van der Waals surface area (Å²) >= 11 is 0. The third-order valence-corrected chi connectivity index (χ3v) is 6.24. The summed E-state index contributed by atoms with van der Waals surface area (Å²) in [5, 5.41) is 9.93. The first kappa shape index (κ1) is 17.2. The normalized spacial score (nSPS) is 21.6. The summed E-state index contributed by atoms with van der Waals surface area (Å²) in [7, 11) is 0.220. The van der Waals surface area contributed by atoms with Crippen molar-refractivity contribution in [3.05, 3.63) is 23.8 Å². The Hall–Kier alpha value is -1.11. The predicted octanol–water partition coefficient (Wildman–Crippen LogP) is 1.99. The van der Waals surface area contributed by atoms with Crippen molar-refractivity contribution in [3.63, 3.8) is 0 Å². The minimum atomic E-state index is -3.58. The summed E-state index contributed by atoms with van der Waals surface area (Å²) in [6, 6.07) is 4.88. The van der Waals surface area contributed by atoms with Crippen molar-refractivity contribution in [2.45, 2.75) is 50.2 Å². The van der Waals surface area contributed by atoms with Crippen LogP contribution in [0.3, 0.4) is 0 Å². The number of benzene rings is 1. The first-order chi connectivity index (χ1) is 10.2. The van der Waals surface area contributed by atoms with Crippen LogP contribution in [0.1, 0.15) is 31.7 Å². The van der Waals surface area contributed by atoms with Crippen molar-refractivity contribution in [2.24, 2.45) is 0 Å². The van der Waals surface area contributed by atoms with Crippen molar-refractivity contribution < 1.29 is 13.5 Å². The van der Waals surface area contributed by atoms with Gasteiger partial charge < -0.3 is 10.0 Å². The number of aryl methyl sites for hydroxylation is 1. The van der Waals surface area contributed by atoms with Gasteiger partial charge in [0.2, 0.25) is 10.0 Å². The molecule has 0 amide bonds. The quantitative estimate of drug-likeness (QED) is 0.919. The van der Waals surface area contributed by atoms with Crippen LogP contribution >= 0.6 is 0 Å². The van der Waals surface area contributed by atoms with E-state index in [-0.39, 0.29) is 6.04 Å². The maximum Gasteiger partial charge on any atom is 0.243 e. The fraction of sp³-hybridized carbons (Fsp3) is 0.625. The molecule has 5 nitrogen and oxygen atoms in total.